The topological polar surface area (TPSA) is 60.9 Å². The highest BCUT2D eigenvalue weighted by Crippen LogP contribution is 2.45. The maximum absolute atomic E-state index is 5.14. The van der Waals surface area contributed by atoms with Gasteiger partial charge in [0.1, 0.15) is 0 Å². The molecule has 0 amide bonds. The molecule has 6 heteroatoms. The normalized spacial score (nSPS) is 12.2. The summed E-state index contributed by atoms with van der Waals surface area (Å²) in [5, 5.41) is 9.99. The van der Waals surface area contributed by atoms with Crippen molar-refractivity contribution in [1.29, 1.82) is 0 Å². The van der Waals surface area contributed by atoms with Crippen molar-refractivity contribution in [3.8, 4) is 28.3 Å². The zero-order chi connectivity index (χ0) is 31.3. The van der Waals surface area contributed by atoms with Crippen LogP contribution in [0.5, 0.6) is 0 Å². The zero-order valence-corrected chi connectivity index (χ0v) is 25.5. The van der Waals surface area contributed by atoms with E-state index >= 15 is 0 Å². The van der Waals surface area contributed by atoms with Crippen LogP contribution in [0, 0.1) is 0 Å². The Hall–Kier alpha value is -6.66. The number of nitrogens with zero attached hydrogens (tertiary/aromatic N) is 6. The van der Waals surface area contributed by atoms with Gasteiger partial charge in [-0.25, -0.2) is 9.97 Å². The summed E-state index contributed by atoms with van der Waals surface area (Å²) < 4.78 is 4.79. The van der Waals surface area contributed by atoms with Crippen molar-refractivity contribution >= 4 is 70.7 Å². The molecule has 0 radical (unpaired) electrons. The summed E-state index contributed by atoms with van der Waals surface area (Å²) in [6.45, 7) is 0. The lowest BCUT2D eigenvalue weighted by Gasteiger charge is -2.14. The standard InChI is InChI=1S/C42H24N6/c1-3-14-34-27(10-1)29-12-5-13-30-32-17-16-28-31(41(32)48(34)40(29)30)18-19-36-38(28)33-11-2-4-15-35(33)47(36)37-24-45-42(26-9-7-21-44-23-26)46-39(37)25-8-6-20-43-22-25/h1-24H. The third-order valence-corrected chi connectivity index (χ3v) is 9.88. The van der Waals surface area contributed by atoms with Crippen molar-refractivity contribution in [2.75, 3.05) is 0 Å². The number of rotatable bonds is 3. The minimum Gasteiger partial charge on any atom is -0.307 e. The lowest BCUT2D eigenvalue weighted by atomic mass is 10.00. The lowest BCUT2D eigenvalue weighted by molar-refractivity contribution is 1.08. The predicted octanol–water partition coefficient (Wildman–Crippen LogP) is 10.0. The third kappa shape index (κ3) is 3.30. The van der Waals surface area contributed by atoms with Crippen molar-refractivity contribution in [1.82, 2.24) is 28.9 Å². The monoisotopic (exact) mass is 612 g/mol. The number of fused-ring (bicyclic) bond motifs is 12. The Morgan fingerprint density at radius 1 is 0.438 bits per heavy atom. The molecule has 11 rings (SSSR count). The summed E-state index contributed by atoms with van der Waals surface area (Å²) in [6, 6.07) is 41.2. The fourth-order valence-corrected chi connectivity index (χ4v) is 7.93. The van der Waals surface area contributed by atoms with E-state index in [1.54, 1.807) is 18.6 Å². The van der Waals surface area contributed by atoms with E-state index in [1.807, 2.05) is 30.6 Å². The zero-order valence-electron chi connectivity index (χ0n) is 25.5. The van der Waals surface area contributed by atoms with E-state index in [0.717, 1.165) is 33.5 Å². The van der Waals surface area contributed by atoms with Crippen LogP contribution in [0.2, 0.25) is 0 Å². The molecule has 0 spiro atoms. The summed E-state index contributed by atoms with van der Waals surface area (Å²) in [5.41, 5.74) is 9.47. The van der Waals surface area contributed by atoms with Gasteiger partial charge in [0.15, 0.2) is 5.82 Å². The van der Waals surface area contributed by atoms with Crippen molar-refractivity contribution in [2.45, 2.75) is 0 Å². The van der Waals surface area contributed by atoms with Gasteiger partial charge in [0.25, 0.3) is 0 Å². The molecule has 0 aliphatic carbocycles. The van der Waals surface area contributed by atoms with E-state index in [2.05, 4.69) is 116 Å². The minimum atomic E-state index is 0.623. The molecule has 6 aromatic heterocycles. The van der Waals surface area contributed by atoms with E-state index < -0.39 is 0 Å². The van der Waals surface area contributed by atoms with Crippen molar-refractivity contribution in [3.05, 3.63) is 146 Å². The van der Waals surface area contributed by atoms with Crippen LogP contribution in [0.4, 0.5) is 0 Å². The first-order chi connectivity index (χ1) is 23.8. The summed E-state index contributed by atoms with van der Waals surface area (Å²) >= 11 is 0. The largest absolute Gasteiger partial charge is 0.307 e. The van der Waals surface area contributed by atoms with Crippen molar-refractivity contribution in [2.24, 2.45) is 0 Å². The van der Waals surface area contributed by atoms with Gasteiger partial charge in [0.2, 0.25) is 0 Å². The Kier molecular flexibility index (Phi) is 5.02. The molecule has 6 nitrogen and oxygen atoms in total. The van der Waals surface area contributed by atoms with Crippen LogP contribution in [-0.4, -0.2) is 28.9 Å². The fourth-order valence-electron chi connectivity index (χ4n) is 7.93. The Labute approximate surface area is 273 Å². The average Bonchev–Trinajstić information content (AvgIpc) is 3.80. The van der Waals surface area contributed by atoms with Crippen molar-refractivity contribution < 1.29 is 0 Å². The molecular weight excluding hydrogens is 589 g/mol. The number of hydrogen-bond acceptors (Lipinski definition) is 4. The van der Waals surface area contributed by atoms with E-state index in [9.17, 15) is 0 Å². The first-order valence-corrected chi connectivity index (χ1v) is 16.1. The number of para-hydroxylation sites is 3. The number of hydrogen-bond donors (Lipinski definition) is 0. The molecule has 0 aliphatic heterocycles. The first-order valence-electron chi connectivity index (χ1n) is 16.1. The Bertz CT molecular complexity index is 3050. The van der Waals surface area contributed by atoms with E-state index in [0.29, 0.717) is 5.82 Å². The molecule has 48 heavy (non-hydrogen) atoms. The van der Waals surface area contributed by atoms with Crippen LogP contribution < -0.4 is 0 Å². The Morgan fingerprint density at radius 2 is 1.06 bits per heavy atom. The van der Waals surface area contributed by atoms with Gasteiger partial charge in [0.05, 0.1) is 45.2 Å². The number of pyridine rings is 2. The van der Waals surface area contributed by atoms with Crippen molar-refractivity contribution in [3.63, 3.8) is 0 Å². The number of aromatic nitrogens is 6. The van der Waals surface area contributed by atoms with Gasteiger partial charge in [-0.05, 0) is 47.9 Å². The fraction of sp³-hybridized carbons (Fsp3) is 0. The van der Waals surface area contributed by atoms with Crippen LogP contribution >= 0.6 is 0 Å². The molecule has 0 atom stereocenters. The molecule has 0 aliphatic rings. The number of benzene rings is 5. The van der Waals surface area contributed by atoms with Gasteiger partial charge in [-0.15, -0.1) is 0 Å². The third-order valence-electron chi connectivity index (χ3n) is 9.88. The average molecular weight is 613 g/mol. The molecule has 222 valence electrons. The molecule has 0 saturated carbocycles. The summed E-state index contributed by atoms with van der Waals surface area (Å²) in [5.74, 6) is 0.623. The van der Waals surface area contributed by atoms with Gasteiger partial charge >= 0.3 is 0 Å². The molecule has 0 N–H and O–H groups in total. The van der Waals surface area contributed by atoms with Crippen LogP contribution in [-0.2, 0) is 0 Å². The maximum atomic E-state index is 5.14. The van der Waals surface area contributed by atoms with Gasteiger partial charge in [-0.2, -0.15) is 0 Å². The first kappa shape index (κ1) is 25.5. The molecule has 6 heterocycles. The molecule has 11 aromatic rings. The second kappa shape index (κ2) is 9.44. The lowest BCUT2D eigenvalue weighted by Crippen LogP contribution is -2.03. The van der Waals surface area contributed by atoms with E-state index in [4.69, 9.17) is 9.97 Å². The van der Waals surface area contributed by atoms with E-state index in [-0.39, 0.29) is 0 Å². The second-order valence-electron chi connectivity index (χ2n) is 12.3. The highest BCUT2D eigenvalue weighted by Gasteiger charge is 2.23. The minimum absolute atomic E-state index is 0.623. The van der Waals surface area contributed by atoms with Gasteiger partial charge < -0.3 is 8.97 Å². The molecule has 0 saturated heterocycles. The highest BCUT2D eigenvalue weighted by atomic mass is 15.0. The van der Waals surface area contributed by atoms with Gasteiger partial charge in [0, 0.05) is 73.6 Å². The smallest absolute Gasteiger partial charge is 0.161 e. The van der Waals surface area contributed by atoms with Gasteiger partial charge in [-0.3, -0.25) is 9.97 Å². The predicted molar refractivity (Wildman–Crippen MR) is 195 cm³/mol. The molecule has 0 fully saturated rings. The van der Waals surface area contributed by atoms with Crippen LogP contribution in [0.15, 0.2) is 146 Å². The van der Waals surface area contributed by atoms with Crippen LogP contribution in [0.3, 0.4) is 0 Å². The van der Waals surface area contributed by atoms with Crippen LogP contribution in [0.1, 0.15) is 0 Å². The van der Waals surface area contributed by atoms with Crippen LogP contribution in [0.25, 0.3) is 99.0 Å². The highest BCUT2D eigenvalue weighted by molar-refractivity contribution is 6.31. The molecule has 0 bridgehead atoms. The summed E-state index contributed by atoms with van der Waals surface area (Å²) in [7, 11) is 0. The maximum Gasteiger partial charge on any atom is 0.161 e. The molecular formula is C42H24N6. The Balaban J connectivity index is 1.27. The second-order valence-corrected chi connectivity index (χ2v) is 12.3. The summed E-state index contributed by atoms with van der Waals surface area (Å²) in [6.07, 6.45) is 9.16. The quantitative estimate of drug-likeness (QED) is 0.199. The summed E-state index contributed by atoms with van der Waals surface area (Å²) in [4.78, 5) is 18.8. The molecule has 0 unspecified atom stereocenters. The van der Waals surface area contributed by atoms with E-state index in [1.165, 1.54) is 59.6 Å². The van der Waals surface area contributed by atoms with Gasteiger partial charge in [-0.1, -0.05) is 72.8 Å². The SMILES string of the molecule is c1cncc(-c2ncc(-n3c4ccccc4c4c5ccc6c7cccc8c9ccccc9n(c6c5ccc43)c87)c(-c3cccnc3)n2)c1. The molecule has 5 aromatic carbocycles. The Morgan fingerprint density at radius 3 is 1.85 bits per heavy atom.